The highest BCUT2D eigenvalue weighted by Crippen LogP contribution is 2.20. The maximum absolute atomic E-state index is 13.1. The zero-order chi connectivity index (χ0) is 14.0. The van der Waals surface area contributed by atoms with Gasteiger partial charge in [-0.05, 0) is 30.2 Å². The van der Waals surface area contributed by atoms with Crippen molar-refractivity contribution < 1.29 is 18.4 Å². The van der Waals surface area contributed by atoms with Crippen LogP contribution < -0.4 is 5.73 Å². The molecule has 0 spiro atoms. The molecule has 0 aromatic heterocycles. The maximum atomic E-state index is 13.1. The molecule has 1 aromatic rings. The number of amides is 1. The average molecular weight is 263 g/mol. The van der Waals surface area contributed by atoms with Gasteiger partial charge in [0, 0.05) is 5.92 Å². The molecule has 98 valence electrons. The molecule has 3 nitrogen and oxygen atoms in total. The van der Waals surface area contributed by atoms with E-state index in [9.17, 15) is 18.4 Å². The summed E-state index contributed by atoms with van der Waals surface area (Å²) in [6, 6.07) is 3.45. The van der Waals surface area contributed by atoms with Crippen LogP contribution >= 0.6 is 0 Å². The molecule has 1 aromatic carbocycles. The van der Waals surface area contributed by atoms with E-state index >= 15 is 0 Å². The Labute approximate surface area is 108 Å². The molecule has 0 bridgehead atoms. The van der Waals surface area contributed by atoms with Gasteiger partial charge in [0.05, 0.1) is 5.57 Å². The number of halogens is 2. The van der Waals surface area contributed by atoms with Crippen LogP contribution in [0.5, 0.6) is 0 Å². The van der Waals surface area contributed by atoms with E-state index in [1.807, 2.05) is 0 Å². The molecule has 0 fully saturated rings. The number of primary amides is 1. The van der Waals surface area contributed by atoms with Crippen molar-refractivity contribution in [2.75, 3.05) is 0 Å². The van der Waals surface area contributed by atoms with E-state index in [2.05, 4.69) is 0 Å². The van der Waals surface area contributed by atoms with Crippen molar-refractivity contribution in [2.45, 2.75) is 6.42 Å². The first-order chi connectivity index (χ1) is 8.99. The summed E-state index contributed by atoms with van der Waals surface area (Å²) in [5.41, 5.74) is 5.49. The minimum Gasteiger partial charge on any atom is -0.365 e. The van der Waals surface area contributed by atoms with E-state index in [0.29, 0.717) is 5.56 Å². The first-order valence-electron chi connectivity index (χ1n) is 5.65. The maximum Gasteiger partial charge on any atom is 0.252 e. The summed E-state index contributed by atoms with van der Waals surface area (Å²) in [4.78, 5) is 23.0. The average Bonchev–Trinajstić information content (AvgIpc) is 2.36. The van der Waals surface area contributed by atoms with Crippen molar-refractivity contribution in [1.82, 2.24) is 0 Å². The second-order valence-corrected chi connectivity index (χ2v) is 4.25. The predicted octanol–water partition coefficient (Wildman–Crippen LogP) is 1.67. The molecule has 2 rings (SSSR count). The topological polar surface area (TPSA) is 60.2 Å². The number of carbonyl (C=O) groups excluding carboxylic acids is 2. The molecular weight excluding hydrogens is 252 g/mol. The van der Waals surface area contributed by atoms with Gasteiger partial charge in [-0.2, -0.15) is 0 Å². The van der Waals surface area contributed by atoms with Crippen LogP contribution in [-0.4, -0.2) is 11.7 Å². The van der Waals surface area contributed by atoms with Crippen LogP contribution in [0.15, 0.2) is 42.0 Å². The van der Waals surface area contributed by atoms with Crippen molar-refractivity contribution in [3.63, 3.8) is 0 Å². The van der Waals surface area contributed by atoms with E-state index in [1.165, 1.54) is 12.1 Å². The van der Waals surface area contributed by atoms with Gasteiger partial charge in [0.25, 0.3) is 5.91 Å². The number of allylic oxidation sites excluding steroid dienone is 3. The number of hydrogen-bond donors (Lipinski definition) is 1. The number of benzene rings is 1. The van der Waals surface area contributed by atoms with Crippen LogP contribution in [0.3, 0.4) is 0 Å². The third-order valence-electron chi connectivity index (χ3n) is 2.91. The van der Waals surface area contributed by atoms with E-state index < -0.39 is 29.2 Å². The van der Waals surface area contributed by atoms with Gasteiger partial charge in [-0.25, -0.2) is 8.78 Å². The van der Waals surface area contributed by atoms with Crippen molar-refractivity contribution >= 4 is 11.7 Å². The number of Topliss-reactive ketones (excluding diaryl/α,β-unsaturated/α-hetero) is 1. The van der Waals surface area contributed by atoms with Crippen molar-refractivity contribution in [3.05, 3.63) is 59.2 Å². The molecule has 1 aliphatic carbocycles. The fourth-order valence-corrected chi connectivity index (χ4v) is 1.94. The fourth-order valence-electron chi connectivity index (χ4n) is 1.94. The number of hydrogen-bond acceptors (Lipinski definition) is 2. The van der Waals surface area contributed by atoms with Gasteiger partial charge in [0.2, 0.25) is 0 Å². The zero-order valence-corrected chi connectivity index (χ0v) is 9.90. The summed E-state index contributed by atoms with van der Waals surface area (Å²) >= 11 is 0. The molecule has 0 radical (unpaired) electrons. The van der Waals surface area contributed by atoms with E-state index in [0.717, 1.165) is 12.1 Å². The summed E-state index contributed by atoms with van der Waals surface area (Å²) in [7, 11) is 0. The molecule has 0 saturated heterocycles. The lowest BCUT2D eigenvalue weighted by molar-refractivity contribution is -0.122. The molecule has 0 heterocycles. The Morgan fingerprint density at radius 3 is 2.63 bits per heavy atom. The number of ketones is 1. The second kappa shape index (κ2) is 5.14. The largest absolute Gasteiger partial charge is 0.365 e. The first kappa shape index (κ1) is 13.1. The van der Waals surface area contributed by atoms with Crippen molar-refractivity contribution in [2.24, 2.45) is 11.7 Å². The number of rotatable bonds is 3. The Kier molecular flexibility index (Phi) is 3.55. The minimum atomic E-state index is -0.963. The molecule has 19 heavy (non-hydrogen) atoms. The highest BCUT2D eigenvalue weighted by atomic mass is 19.2. The predicted molar refractivity (Wildman–Crippen MR) is 65.0 cm³/mol. The molecule has 2 N–H and O–H groups in total. The summed E-state index contributed by atoms with van der Waals surface area (Å²) in [6.45, 7) is 0. The second-order valence-electron chi connectivity index (χ2n) is 4.25. The minimum absolute atomic E-state index is 0.0740. The Morgan fingerprint density at radius 2 is 2.00 bits per heavy atom. The van der Waals surface area contributed by atoms with Gasteiger partial charge in [-0.15, -0.1) is 0 Å². The smallest absolute Gasteiger partial charge is 0.252 e. The lowest BCUT2D eigenvalue weighted by Gasteiger charge is -2.15. The lowest BCUT2D eigenvalue weighted by atomic mass is 9.87. The molecule has 1 atom stereocenters. The Hall–Kier alpha value is -2.30. The SMILES string of the molecule is NC(=O)C1=CC=CC(Cc2ccc(F)c(F)c2)C1=O. The van der Waals surface area contributed by atoms with Crippen molar-refractivity contribution in [1.29, 1.82) is 0 Å². The van der Waals surface area contributed by atoms with Gasteiger partial charge >= 0.3 is 0 Å². The van der Waals surface area contributed by atoms with Gasteiger partial charge in [0.1, 0.15) is 0 Å². The highest BCUT2D eigenvalue weighted by Gasteiger charge is 2.25. The standard InChI is InChI=1S/C14H11F2NO2/c15-11-5-4-8(7-12(11)16)6-9-2-1-3-10(13(9)18)14(17)19/h1-5,7,9H,6H2,(H2,17,19). The van der Waals surface area contributed by atoms with Gasteiger partial charge in [-0.1, -0.05) is 18.2 Å². The normalized spacial score (nSPS) is 18.3. The van der Waals surface area contributed by atoms with Crippen LogP contribution in [0.1, 0.15) is 5.56 Å². The molecule has 0 aliphatic heterocycles. The van der Waals surface area contributed by atoms with Crippen LogP contribution in [0.25, 0.3) is 0 Å². The van der Waals surface area contributed by atoms with Gasteiger partial charge < -0.3 is 5.73 Å². The monoisotopic (exact) mass is 263 g/mol. The van der Waals surface area contributed by atoms with E-state index in [1.54, 1.807) is 12.2 Å². The third-order valence-corrected chi connectivity index (χ3v) is 2.91. The third kappa shape index (κ3) is 2.76. The summed E-state index contributed by atoms with van der Waals surface area (Å²) < 4.78 is 25.9. The van der Waals surface area contributed by atoms with Crippen LogP contribution in [0.4, 0.5) is 8.78 Å². The Bertz CT molecular complexity index is 605. The molecule has 0 saturated carbocycles. The Morgan fingerprint density at radius 1 is 1.26 bits per heavy atom. The number of nitrogens with two attached hydrogens (primary N) is 1. The number of carbonyl (C=O) groups is 2. The van der Waals surface area contributed by atoms with Crippen molar-refractivity contribution in [3.8, 4) is 0 Å². The Balaban J connectivity index is 2.18. The highest BCUT2D eigenvalue weighted by molar-refractivity contribution is 6.20. The van der Waals surface area contributed by atoms with E-state index in [4.69, 9.17) is 5.73 Å². The molecule has 1 aliphatic rings. The first-order valence-corrected chi connectivity index (χ1v) is 5.65. The fraction of sp³-hybridized carbons (Fsp3) is 0.143. The molecule has 5 heteroatoms. The summed E-state index contributed by atoms with van der Waals surface area (Å²) in [5.74, 6) is -3.68. The van der Waals surface area contributed by atoms with Gasteiger partial charge in [-0.3, -0.25) is 9.59 Å². The molecule has 1 unspecified atom stereocenters. The zero-order valence-electron chi connectivity index (χ0n) is 9.90. The van der Waals surface area contributed by atoms with Crippen LogP contribution in [0.2, 0.25) is 0 Å². The van der Waals surface area contributed by atoms with E-state index in [-0.39, 0.29) is 12.0 Å². The summed E-state index contributed by atoms with van der Waals surface area (Å²) in [6.07, 6.45) is 4.71. The lowest BCUT2D eigenvalue weighted by Crippen LogP contribution is -2.28. The van der Waals surface area contributed by atoms with Gasteiger partial charge in [0.15, 0.2) is 17.4 Å². The molecule has 1 amide bonds. The summed E-state index contributed by atoms with van der Waals surface area (Å²) in [5, 5.41) is 0. The van der Waals surface area contributed by atoms with Crippen LogP contribution in [-0.2, 0) is 16.0 Å². The molecular formula is C14H11F2NO2. The van der Waals surface area contributed by atoms with Crippen LogP contribution in [0, 0.1) is 17.6 Å². The quantitative estimate of drug-likeness (QED) is 0.843.